The van der Waals surface area contributed by atoms with Gasteiger partial charge in [-0.25, -0.2) is 0 Å². The van der Waals surface area contributed by atoms with Crippen LogP contribution in [0.25, 0.3) is 11.4 Å². The van der Waals surface area contributed by atoms with E-state index < -0.39 is 0 Å². The van der Waals surface area contributed by atoms with E-state index in [1.165, 1.54) is 5.56 Å². The first-order valence-corrected chi connectivity index (χ1v) is 6.64. The summed E-state index contributed by atoms with van der Waals surface area (Å²) in [7, 11) is 0. The van der Waals surface area contributed by atoms with Crippen molar-refractivity contribution in [1.82, 2.24) is 14.8 Å². The average Bonchev–Trinajstić information content (AvgIpc) is 2.60. The molecule has 0 aliphatic rings. The summed E-state index contributed by atoms with van der Waals surface area (Å²) in [5.41, 5.74) is 2.27. The van der Waals surface area contributed by atoms with E-state index in [0.717, 1.165) is 15.9 Å². The second-order valence-corrected chi connectivity index (χ2v) is 5.54. The number of hydrogen-bond donors (Lipinski definition) is 1. The van der Waals surface area contributed by atoms with Crippen LogP contribution in [-0.2, 0) is 0 Å². The van der Waals surface area contributed by atoms with E-state index in [1.54, 1.807) is 0 Å². The maximum Gasteiger partial charge on any atom is 0.195 e. The smallest absolute Gasteiger partial charge is 0.195 e. The summed E-state index contributed by atoms with van der Waals surface area (Å²) in [5.74, 6) is 0.872. The van der Waals surface area contributed by atoms with Crippen LogP contribution in [0, 0.1) is 11.7 Å². The summed E-state index contributed by atoms with van der Waals surface area (Å²) >= 11 is 8.82. The number of nitrogens with zero attached hydrogens (tertiary/aromatic N) is 2. The summed E-state index contributed by atoms with van der Waals surface area (Å²) < 4.78 is 3.71. The molecule has 0 saturated heterocycles. The van der Waals surface area contributed by atoms with E-state index in [9.17, 15) is 0 Å². The number of aromatic amines is 1. The highest BCUT2D eigenvalue weighted by atomic mass is 79.9. The van der Waals surface area contributed by atoms with Gasteiger partial charge in [0.2, 0.25) is 0 Å². The lowest BCUT2D eigenvalue weighted by Gasteiger charge is -2.11. The maximum atomic E-state index is 5.25. The molecule has 2 aromatic rings. The molecule has 1 aromatic carbocycles. The first-order valence-electron chi connectivity index (χ1n) is 5.44. The highest BCUT2D eigenvalue weighted by molar-refractivity contribution is 9.10. The van der Waals surface area contributed by atoms with Crippen molar-refractivity contribution in [2.24, 2.45) is 0 Å². The first-order chi connectivity index (χ1) is 8.00. The van der Waals surface area contributed by atoms with Crippen molar-refractivity contribution in [3.8, 4) is 11.4 Å². The predicted molar refractivity (Wildman–Crippen MR) is 75.7 cm³/mol. The molecule has 17 heavy (non-hydrogen) atoms. The van der Waals surface area contributed by atoms with Crippen LogP contribution in [0.5, 0.6) is 0 Å². The van der Waals surface area contributed by atoms with Crippen molar-refractivity contribution in [3.63, 3.8) is 0 Å². The highest BCUT2D eigenvalue weighted by Gasteiger charge is 2.13. The fraction of sp³-hybridized carbons (Fsp3) is 0.333. The molecule has 0 radical (unpaired) electrons. The lowest BCUT2D eigenvalue weighted by Crippen LogP contribution is -2.03. The Kier molecular flexibility index (Phi) is 3.49. The lowest BCUT2D eigenvalue weighted by molar-refractivity contribution is 0.597. The van der Waals surface area contributed by atoms with E-state index in [-0.39, 0.29) is 6.04 Å². The summed E-state index contributed by atoms with van der Waals surface area (Å²) in [6.07, 6.45) is 0. The quantitative estimate of drug-likeness (QED) is 0.841. The Hall–Kier alpha value is -0.940. The number of halogens is 1. The third-order valence-corrected chi connectivity index (χ3v) is 3.53. The molecule has 0 amide bonds. The van der Waals surface area contributed by atoms with Crippen LogP contribution in [0.3, 0.4) is 0 Å². The molecule has 3 nitrogen and oxygen atoms in total. The molecule has 1 heterocycles. The zero-order valence-electron chi connectivity index (χ0n) is 9.99. The first kappa shape index (κ1) is 12.5. The van der Waals surface area contributed by atoms with Gasteiger partial charge >= 0.3 is 0 Å². The molecule has 0 atom stereocenters. The van der Waals surface area contributed by atoms with Crippen LogP contribution in [0.2, 0.25) is 0 Å². The molecule has 0 aliphatic heterocycles. The molecule has 1 N–H and O–H groups in total. The molecule has 90 valence electrons. The van der Waals surface area contributed by atoms with Crippen LogP contribution in [0.1, 0.15) is 25.5 Å². The second kappa shape index (κ2) is 4.74. The number of rotatable bonds is 2. The van der Waals surface area contributed by atoms with E-state index >= 15 is 0 Å². The minimum atomic E-state index is 0.282. The van der Waals surface area contributed by atoms with Crippen molar-refractivity contribution in [2.45, 2.75) is 26.8 Å². The summed E-state index contributed by atoms with van der Waals surface area (Å²) in [5, 5.41) is 7.17. The van der Waals surface area contributed by atoms with Gasteiger partial charge in [-0.15, -0.1) is 0 Å². The Labute approximate surface area is 114 Å². The minimum Gasteiger partial charge on any atom is -0.298 e. The van der Waals surface area contributed by atoms with Crippen molar-refractivity contribution >= 4 is 28.1 Å². The summed E-state index contributed by atoms with van der Waals surface area (Å²) in [4.78, 5) is 0. The van der Waals surface area contributed by atoms with Gasteiger partial charge in [-0.1, -0.05) is 22.0 Å². The standard InChI is InChI=1S/C12H14BrN3S/c1-7(2)16-11(14-15-12(16)17)9-5-4-8(3)6-10(9)13/h4-7H,1-3H3,(H,15,17). The van der Waals surface area contributed by atoms with Gasteiger partial charge in [-0.3, -0.25) is 9.67 Å². The minimum absolute atomic E-state index is 0.282. The molecule has 0 saturated carbocycles. The second-order valence-electron chi connectivity index (χ2n) is 4.30. The Morgan fingerprint density at radius 1 is 1.41 bits per heavy atom. The molecule has 0 spiro atoms. The van der Waals surface area contributed by atoms with Crippen molar-refractivity contribution in [1.29, 1.82) is 0 Å². The monoisotopic (exact) mass is 311 g/mol. The Morgan fingerprint density at radius 2 is 2.12 bits per heavy atom. The van der Waals surface area contributed by atoms with Crippen LogP contribution >= 0.6 is 28.1 Å². The van der Waals surface area contributed by atoms with E-state index in [1.807, 2.05) is 4.57 Å². The SMILES string of the molecule is Cc1ccc(-c2n[nH]c(=S)n2C(C)C)c(Br)c1. The fourth-order valence-corrected chi connectivity index (χ4v) is 2.79. The number of nitrogens with one attached hydrogen (secondary N) is 1. The largest absolute Gasteiger partial charge is 0.298 e. The highest BCUT2D eigenvalue weighted by Crippen LogP contribution is 2.29. The number of hydrogen-bond acceptors (Lipinski definition) is 2. The molecule has 0 aliphatic carbocycles. The van der Waals surface area contributed by atoms with Gasteiger partial charge in [-0.2, -0.15) is 5.10 Å². The number of aryl methyl sites for hydroxylation is 1. The number of aromatic nitrogens is 3. The molecule has 5 heteroatoms. The van der Waals surface area contributed by atoms with Crippen molar-refractivity contribution < 1.29 is 0 Å². The average molecular weight is 312 g/mol. The van der Waals surface area contributed by atoms with Crippen LogP contribution in [0.4, 0.5) is 0 Å². The van der Waals surface area contributed by atoms with Gasteiger partial charge < -0.3 is 0 Å². The van der Waals surface area contributed by atoms with Crippen LogP contribution < -0.4 is 0 Å². The Morgan fingerprint density at radius 3 is 2.71 bits per heavy atom. The normalized spacial score (nSPS) is 11.1. The number of benzene rings is 1. The van der Waals surface area contributed by atoms with Gasteiger partial charge in [0.25, 0.3) is 0 Å². The van der Waals surface area contributed by atoms with Crippen molar-refractivity contribution in [2.75, 3.05) is 0 Å². The summed E-state index contributed by atoms with van der Waals surface area (Å²) in [6.45, 7) is 6.25. The molecular weight excluding hydrogens is 298 g/mol. The molecule has 0 unspecified atom stereocenters. The van der Waals surface area contributed by atoms with Gasteiger partial charge in [-0.05, 0) is 50.7 Å². The topological polar surface area (TPSA) is 33.6 Å². The lowest BCUT2D eigenvalue weighted by atomic mass is 10.1. The van der Waals surface area contributed by atoms with Crippen LogP contribution in [0.15, 0.2) is 22.7 Å². The van der Waals surface area contributed by atoms with E-state index in [0.29, 0.717) is 4.77 Å². The van der Waals surface area contributed by atoms with Crippen LogP contribution in [-0.4, -0.2) is 14.8 Å². The molecular formula is C12H14BrN3S. The summed E-state index contributed by atoms with van der Waals surface area (Å²) in [6, 6.07) is 6.49. The van der Waals surface area contributed by atoms with E-state index in [2.05, 4.69) is 65.1 Å². The van der Waals surface area contributed by atoms with Gasteiger partial charge in [0, 0.05) is 16.1 Å². The molecule has 1 aromatic heterocycles. The van der Waals surface area contributed by atoms with Gasteiger partial charge in [0.05, 0.1) is 0 Å². The third kappa shape index (κ3) is 2.35. The predicted octanol–water partition coefficient (Wildman–Crippen LogP) is 4.26. The Balaban J connectivity index is 2.65. The van der Waals surface area contributed by atoms with Gasteiger partial charge in [0.1, 0.15) is 0 Å². The molecule has 0 bridgehead atoms. The zero-order chi connectivity index (χ0) is 12.6. The van der Waals surface area contributed by atoms with E-state index in [4.69, 9.17) is 12.2 Å². The third-order valence-electron chi connectivity index (χ3n) is 2.59. The maximum absolute atomic E-state index is 5.25. The Bertz CT molecular complexity index is 598. The van der Waals surface area contributed by atoms with Gasteiger partial charge in [0.15, 0.2) is 10.6 Å². The molecule has 2 rings (SSSR count). The molecule has 0 fully saturated rings. The zero-order valence-corrected chi connectivity index (χ0v) is 12.4. The number of H-pyrrole nitrogens is 1. The van der Waals surface area contributed by atoms with Crippen molar-refractivity contribution in [3.05, 3.63) is 33.0 Å². The fourth-order valence-electron chi connectivity index (χ4n) is 1.78.